The summed E-state index contributed by atoms with van der Waals surface area (Å²) in [6, 6.07) is 3.63. The molecule has 0 amide bonds. The number of aliphatic carboxylic acids is 1. The fourth-order valence-corrected chi connectivity index (χ4v) is 2.00. The van der Waals surface area contributed by atoms with Crippen LogP contribution in [0.1, 0.15) is 37.2 Å². The molecule has 102 valence electrons. The molecular weight excluding hydrogens is 240 g/mol. The van der Waals surface area contributed by atoms with Crippen LogP contribution in [0.2, 0.25) is 0 Å². The third-order valence-electron chi connectivity index (χ3n) is 3.19. The SMILES string of the molecule is Cc1cc(/C=C(/C#N)C(=O)O)c(C)n1CCC(C)C. The lowest BCUT2D eigenvalue weighted by molar-refractivity contribution is -0.132. The predicted molar refractivity (Wildman–Crippen MR) is 74.6 cm³/mol. The molecule has 1 N–H and O–H groups in total. The van der Waals surface area contributed by atoms with E-state index in [0.717, 1.165) is 29.9 Å². The zero-order valence-corrected chi connectivity index (χ0v) is 11.9. The average molecular weight is 260 g/mol. The highest BCUT2D eigenvalue weighted by Gasteiger charge is 2.11. The van der Waals surface area contributed by atoms with Crippen LogP contribution in [0.5, 0.6) is 0 Å². The van der Waals surface area contributed by atoms with Crippen LogP contribution in [-0.4, -0.2) is 15.6 Å². The Hall–Kier alpha value is -2.02. The minimum absolute atomic E-state index is 0.232. The van der Waals surface area contributed by atoms with E-state index < -0.39 is 5.97 Å². The van der Waals surface area contributed by atoms with E-state index >= 15 is 0 Å². The third kappa shape index (κ3) is 3.72. The van der Waals surface area contributed by atoms with Crippen LogP contribution >= 0.6 is 0 Å². The Kier molecular flexibility index (Phi) is 4.94. The second kappa shape index (κ2) is 6.24. The molecule has 4 heteroatoms. The first kappa shape index (κ1) is 15.0. The number of nitrogens with zero attached hydrogens (tertiary/aromatic N) is 2. The van der Waals surface area contributed by atoms with Crippen molar-refractivity contribution in [1.29, 1.82) is 5.26 Å². The molecule has 0 unspecified atom stereocenters. The summed E-state index contributed by atoms with van der Waals surface area (Å²) in [7, 11) is 0. The van der Waals surface area contributed by atoms with Crippen molar-refractivity contribution in [3.63, 3.8) is 0 Å². The van der Waals surface area contributed by atoms with E-state index in [9.17, 15) is 4.79 Å². The lowest BCUT2D eigenvalue weighted by atomic mass is 10.1. The predicted octanol–water partition coefficient (Wildman–Crippen LogP) is 3.14. The topological polar surface area (TPSA) is 66.0 Å². The van der Waals surface area contributed by atoms with E-state index in [-0.39, 0.29) is 5.57 Å². The number of rotatable bonds is 5. The number of carbonyl (C=O) groups is 1. The molecule has 0 fully saturated rings. The van der Waals surface area contributed by atoms with E-state index in [1.807, 2.05) is 19.9 Å². The Balaban J connectivity index is 3.09. The first-order chi connectivity index (χ1) is 8.86. The Morgan fingerprint density at radius 2 is 2.16 bits per heavy atom. The van der Waals surface area contributed by atoms with Gasteiger partial charge in [0, 0.05) is 17.9 Å². The van der Waals surface area contributed by atoms with Crippen molar-refractivity contribution in [1.82, 2.24) is 4.57 Å². The molecule has 1 aromatic rings. The number of nitriles is 1. The van der Waals surface area contributed by atoms with Crippen LogP contribution < -0.4 is 0 Å². The van der Waals surface area contributed by atoms with Gasteiger partial charge in [-0.1, -0.05) is 13.8 Å². The minimum atomic E-state index is -1.19. The van der Waals surface area contributed by atoms with Gasteiger partial charge in [0.25, 0.3) is 0 Å². The fourth-order valence-electron chi connectivity index (χ4n) is 2.00. The van der Waals surface area contributed by atoms with Crippen molar-refractivity contribution < 1.29 is 9.90 Å². The zero-order valence-electron chi connectivity index (χ0n) is 11.9. The summed E-state index contributed by atoms with van der Waals surface area (Å²) in [4.78, 5) is 10.9. The van der Waals surface area contributed by atoms with Gasteiger partial charge in [0.2, 0.25) is 0 Å². The van der Waals surface area contributed by atoms with Crippen molar-refractivity contribution in [3.8, 4) is 6.07 Å². The Morgan fingerprint density at radius 1 is 1.53 bits per heavy atom. The van der Waals surface area contributed by atoms with E-state index in [1.165, 1.54) is 6.08 Å². The standard InChI is InChI=1S/C15H20N2O2/c1-10(2)5-6-17-11(3)7-13(12(17)4)8-14(9-16)15(18)19/h7-8,10H,5-6H2,1-4H3,(H,18,19)/b14-8-. The number of aryl methyl sites for hydroxylation is 1. The van der Waals surface area contributed by atoms with Gasteiger partial charge in [0.05, 0.1) is 0 Å². The quantitative estimate of drug-likeness (QED) is 0.653. The molecule has 0 saturated carbocycles. The highest BCUT2D eigenvalue weighted by Crippen LogP contribution is 2.19. The molecule has 0 spiro atoms. The van der Waals surface area contributed by atoms with Gasteiger partial charge in [-0.05, 0) is 43.9 Å². The fraction of sp³-hybridized carbons (Fsp3) is 0.467. The van der Waals surface area contributed by atoms with Gasteiger partial charge in [-0.25, -0.2) is 4.79 Å². The summed E-state index contributed by atoms with van der Waals surface area (Å²) in [6.07, 6.45) is 2.51. The van der Waals surface area contributed by atoms with Gasteiger partial charge in [0.1, 0.15) is 11.6 Å². The molecule has 1 heterocycles. The number of hydrogen-bond donors (Lipinski definition) is 1. The van der Waals surface area contributed by atoms with Crippen molar-refractivity contribution in [2.45, 2.75) is 40.7 Å². The van der Waals surface area contributed by atoms with Gasteiger partial charge in [-0.15, -0.1) is 0 Å². The molecule has 0 radical (unpaired) electrons. The van der Waals surface area contributed by atoms with Crippen molar-refractivity contribution in [3.05, 3.63) is 28.6 Å². The molecular formula is C15H20N2O2. The summed E-state index contributed by atoms with van der Waals surface area (Å²) in [5, 5.41) is 17.7. The average Bonchev–Trinajstić information content (AvgIpc) is 2.58. The Morgan fingerprint density at radius 3 is 2.63 bits per heavy atom. The van der Waals surface area contributed by atoms with Crippen LogP contribution in [0, 0.1) is 31.1 Å². The van der Waals surface area contributed by atoms with Crippen LogP contribution in [-0.2, 0) is 11.3 Å². The first-order valence-corrected chi connectivity index (χ1v) is 6.38. The van der Waals surface area contributed by atoms with Crippen LogP contribution in [0.15, 0.2) is 11.6 Å². The molecule has 0 atom stereocenters. The second-order valence-corrected chi connectivity index (χ2v) is 5.14. The molecule has 1 aromatic heterocycles. The maximum absolute atomic E-state index is 10.9. The van der Waals surface area contributed by atoms with E-state index in [1.54, 1.807) is 6.07 Å². The Bertz CT molecular complexity index is 545. The van der Waals surface area contributed by atoms with Crippen molar-refractivity contribution in [2.24, 2.45) is 5.92 Å². The molecule has 19 heavy (non-hydrogen) atoms. The molecule has 0 aliphatic heterocycles. The van der Waals surface area contributed by atoms with Crippen LogP contribution in [0.4, 0.5) is 0 Å². The van der Waals surface area contributed by atoms with E-state index in [4.69, 9.17) is 10.4 Å². The second-order valence-electron chi connectivity index (χ2n) is 5.14. The Labute approximate surface area is 114 Å². The number of aromatic nitrogens is 1. The number of hydrogen-bond acceptors (Lipinski definition) is 2. The lowest BCUT2D eigenvalue weighted by Gasteiger charge is -2.11. The van der Waals surface area contributed by atoms with Gasteiger partial charge in [0.15, 0.2) is 0 Å². The molecule has 1 rings (SSSR count). The highest BCUT2D eigenvalue weighted by molar-refractivity contribution is 5.96. The minimum Gasteiger partial charge on any atom is -0.477 e. The van der Waals surface area contributed by atoms with E-state index in [2.05, 4.69) is 18.4 Å². The number of carboxylic acids is 1. The number of carboxylic acid groups (broad SMARTS) is 1. The highest BCUT2D eigenvalue weighted by atomic mass is 16.4. The maximum atomic E-state index is 10.9. The lowest BCUT2D eigenvalue weighted by Crippen LogP contribution is -2.05. The molecule has 0 aliphatic rings. The molecule has 0 aromatic carbocycles. The summed E-state index contributed by atoms with van der Waals surface area (Å²) >= 11 is 0. The smallest absolute Gasteiger partial charge is 0.346 e. The van der Waals surface area contributed by atoms with Gasteiger partial charge < -0.3 is 9.67 Å². The van der Waals surface area contributed by atoms with E-state index in [0.29, 0.717) is 5.92 Å². The monoisotopic (exact) mass is 260 g/mol. The van der Waals surface area contributed by atoms with Gasteiger partial charge >= 0.3 is 5.97 Å². The zero-order chi connectivity index (χ0) is 14.6. The van der Waals surface area contributed by atoms with Crippen molar-refractivity contribution >= 4 is 12.0 Å². The van der Waals surface area contributed by atoms with Crippen LogP contribution in [0.25, 0.3) is 6.08 Å². The molecule has 0 saturated heterocycles. The summed E-state index contributed by atoms with van der Waals surface area (Å²) < 4.78 is 2.17. The first-order valence-electron chi connectivity index (χ1n) is 6.38. The third-order valence-corrected chi connectivity index (χ3v) is 3.19. The normalized spacial score (nSPS) is 11.7. The summed E-state index contributed by atoms with van der Waals surface area (Å²) in [5.41, 5.74) is 2.67. The summed E-state index contributed by atoms with van der Waals surface area (Å²) in [5.74, 6) is -0.566. The molecule has 4 nitrogen and oxygen atoms in total. The van der Waals surface area contributed by atoms with Gasteiger partial charge in [-0.3, -0.25) is 0 Å². The maximum Gasteiger partial charge on any atom is 0.346 e. The molecule has 0 aliphatic carbocycles. The van der Waals surface area contributed by atoms with Crippen LogP contribution in [0.3, 0.4) is 0 Å². The van der Waals surface area contributed by atoms with Gasteiger partial charge in [-0.2, -0.15) is 5.26 Å². The summed E-state index contributed by atoms with van der Waals surface area (Å²) in [6.45, 7) is 9.21. The molecule has 0 bridgehead atoms. The van der Waals surface area contributed by atoms with Crippen molar-refractivity contribution in [2.75, 3.05) is 0 Å². The largest absolute Gasteiger partial charge is 0.477 e.